The normalized spacial score (nSPS) is 24.3. The van der Waals surface area contributed by atoms with E-state index < -0.39 is 17.9 Å². The zero-order chi connectivity index (χ0) is 75.1. The summed E-state index contributed by atoms with van der Waals surface area (Å²) in [5.74, 6) is 17.4. The van der Waals surface area contributed by atoms with Gasteiger partial charge in [-0.15, -0.1) is 82.3 Å². The molecule has 21 nitrogen and oxygen atoms in total. The second kappa shape index (κ2) is 68.6. The van der Waals surface area contributed by atoms with Crippen LogP contribution in [0.1, 0.15) is 25.7 Å². The Morgan fingerprint density at radius 2 is 0.637 bits per heavy atom. The molecule has 0 bridgehead atoms. The average Bonchev–Trinajstić information content (AvgIpc) is 1.80. The van der Waals surface area contributed by atoms with Crippen molar-refractivity contribution in [1.29, 1.82) is 0 Å². The van der Waals surface area contributed by atoms with E-state index in [9.17, 15) is 43.2 Å². The van der Waals surface area contributed by atoms with E-state index in [-0.39, 0.29) is 74.7 Å². The van der Waals surface area contributed by atoms with E-state index in [0.717, 1.165) is 131 Å². The quantitative estimate of drug-likeness (QED) is 0.0701. The maximum absolute atomic E-state index is 11.0. The Kier molecular flexibility index (Phi) is 66.1. The lowest BCUT2D eigenvalue weighted by Gasteiger charge is -2.21. The van der Waals surface area contributed by atoms with E-state index in [2.05, 4.69) is 59.2 Å². The molecule has 102 heavy (non-hydrogen) atoms. The van der Waals surface area contributed by atoms with E-state index in [4.69, 9.17) is 56.8 Å². The van der Waals surface area contributed by atoms with Crippen LogP contribution in [0.25, 0.3) is 0 Å². The first-order chi connectivity index (χ1) is 49.4. The fourth-order valence-electron chi connectivity index (χ4n) is 6.81. The number of esters is 7. The fraction of sp³-hybridized carbons (Fsp3) is 0.591. The summed E-state index contributed by atoms with van der Waals surface area (Å²) in [5, 5.41) is 0.208. The van der Waals surface area contributed by atoms with Crippen LogP contribution in [0, 0.1) is 0 Å². The summed E-state index contributed by atoms with van der Waals surface area (Å²) in [6.45, 7) is 33.9. The monoisotopic (exact) mass is 1700 g/mol. The molecule has 9 aliphatic rings. The number of hydrogen-bond donors (Lipinski definition) is 0. The largest absolute Gasteiger partial charge is 0.447 e. The van der Waals surface area contributed by atoms with Crippen LogP contribution in [0.4, 0.5) is 0 Å². The van der Waals surface area contributed by atoms with Crippen LogP contribution < -0.4 is 0 Å². The lowest BCUT2D eigenvalue weighted by molar-refractivity contribution is -0.168. The predicted octanol–water partition coefficient (Wildman–Crippen LogP) is 13.1. The Bertz CT molecular complexity index is 2150. The van der Waals surface area contributed by atoms with Crippen molar-refractivity contribution < 1.29 is 100.0 Å². The van der Waals surface area contributed by atoms with E-state index in [1.54, 1.807) is 82.3 Å². The zero-order valence-electron chi connectivity index (χ0n) is 57.2. The molecule has 0 aromatic heterocycles. The van der Waals surface area contributed by atoms with Gasteiger partial charge < -0.3 is 56.8 Å². The molecule has 0 saturated carbocycles. The van der Waals surface area contributed by atoms with Crippen LogP contribution in [0.15, 0.2) is 114 Å². The molecular formula is C66H96O21S15. The maximum atomic E-state index is 11.0. The van der Waals surface area contributed by atoms with Crippen LogP contribution in [-0.2, 0) is 100.0 Å². The molecule has 0 aromatic carbocycles. The molecule has 9 fully saturated rings. The Morgan fingerprint density at radius 3 is 1.10 bits per heavy atom. The molecule has 0 spiro atoms. The molecule has 36 heteroatoms. The molecule has 576 valence electrons. The first-order valence-electron chi connectivity index (χ1n) is 31.7. The van der Waals surface area contributed by atoms with Gasteiger partial charge in [-0.2, -0.15) is 70.6 Å². The lowest BCUT2D eigenvalue weighted by Crippen LogP contribution is -2.27. The van der Waals surface area contributed by atoms with Crippen LogP contribution in [0.3, 0.4) is 0 Å². The minimum atomic E-state index is -0.424. The van der Waals surface area contributed by atoms with Crippen molar-refractivity contribution in [3.05, 3.63) is 114 Å². The Morgan fingerprint density at radius 1 is 0.294 bits per heavy atom. The molecule has 0 radical (unpaired) electrons. The van der Waals surface area contributed by atoms with Gasteiger partial charge in [0.25, 0.3) is 0 Å². The maximum Gasteiger partial charge on any atom is 0.332 e. The molecule has 9 rings (SSSR count). The molecule has 9 heterocycles. The van der Waals surface area contributed by atoms with Gasteiger partial charge in [0.2, 0.25) is 29.1 Å². The minimum Gasteiger partial charge on any atom is -0.447 e. The van der Waals surface area contributed by atoms with Gasteiger partial charge >= 0.3 is 41.8 Å². The first-order valence-corrected chi connectivity index (χ1v) is 47.8. The van der Waals surface area contributed by atoms with Crippen molar-refractivity contribution in [3.63, 3.8) is 0 Å². The van der Waals surface area contributed by atoms with E-state index >= 15 is 0 Å². The number of ether oxygens (including phenoxy) is 12. The van der Waals surface area contributed by atoms with Crippen molar-refractivity contribution in [3.8, 4) is 0 Å². The SMILES string of the molecule is C=CC(=O)OC1COCCCS1.C=CC(=O)OC1COCCS1.C=CC(=O)OC1CSCCCO1.C=CC(=O)OC1CSCCCS1.C=CC(=O)OC1CSCCO1.C=CC(=O)OC1CSCCS1.C=CC(=O)OC1CSCO1.C=CC(=O)SC1CSCCCS1.C=CC(=O)SC1CSCCS1. The van der Waals surface area contributed by atoms with Crippen LogP contribution in [0.5, 0.6) is 0 Å². The van der Waals surface area contributed by atoms with E-state index in [1.165, 1.54) is 95.5 Å². The Hall–Kier alpha value is -1.66. The number of hydrogen-bond acceptors (Lipinski definition) is 36. The standard InChI is InChI=1S/2C8H12O3S.C8H12O2S2.C8H12OS3.2C7H10O3S.C7H10O2S2.C7H10OS3.C6H8O3S/c1-2-7(9)11-8-6-12-5-3-4-10-8;1-2-7(9)11-8-6-10-4-3-5-12-8;1-2-7(9)10-8-6-11-4-3-5-12-8;1-2-7(9)12-8-6-10-4-3-5-11-8;1-2-6(8)10-7-5-11-4-3-9-7;1-2-6(8)10-7-5-9-3-4-11-7;1-2-6(8)9-7-5-10-3-4-11-7;1-2-6(8)11-7-5-9-3-4-10-7;1-2-5(7)9-6-3-10-4-8-6/h4*2,8H,1,3-6H2;4*2,7H,1,3-5H2;2,6H,1,3-4H2. The van der Waals surface area contributed by atoms with Crippen molar-refractivity contribution in [2.45, 2.75) is 75.5 Å². The van der Waals surface area contributed by atoms with Crippen molar-refractivity contribution >= 4 is 228 Å². The molecule has 0 N–H and O–H groups in total. The Labute approximate surface area is 666 Å². The van der Waals surface area contributed by atoms with Crippen molar-refractivity contribution in [1.82, 2.24) is 0 Å². The highest BCUT2D eigenvalue weighted by Gasteiger charge is 2.23. The number of carbonyl (C=O) groups is 9. The molecule has 0 aliphatic carbocycles. The average molecular weight is 1710 g/mol. The highest BCUT2D eigenvalue weighted by molar-refractivity contribution is 8.26. The van der Waals surface area contributed by atoms with Gasteiger partial charge in [-0.25, -0.2) is 33.6 Å². The second-order valence-electron chi connectivity index (χ2n) is 19.3. The zero-order valence-corrected chi connectivity index (χ0v) is 69.4. The van der Waals surface area contributed by atoms with Gasteiger partial charge in [-0.3, -0.25) is 9.59 Å². The Balaban J connectivity index is 0.000000574. The van der Waals surface area contributed by atoms with Gasteiger partial charge in [0, 0.05) is 107 Å². The van der Waals surface area contributed by atoms with E-state index in [0.29, 0.717) is 41.5 Å². The first kappa shape index (κ1) is 98.3. The van der Waals surface area contributed by atoms with Gasteiger partial charge in [-0.05, 0) is 72.4 Å². The molecule has 0 amide bonds. The summed E-state index contributed by atoms with van der Waals surface area (Å²) in [7, 11) is 0. The second-order valence-corrected chi connectivity index (χ2v) is 37.8. The summed E-state index contributed by atoms with van der Waals surface area (Å²) < 4.78 is 61.2. The molecule has 9 unspecified atom stereocenters. The van der Waals surface area contributed by atoms with Gasteiger partial charge in [0.05, 0.1) is 65.4 Å². The fourth-order valence-corrected chi connectivity index (χ4v) is 23.4. The van der Waals surface area contributed by atoms with Gasteiger partial charge in [-0.1, -0.05) is 82.7 Å². The molecular weight excluding hydrogens is 1610 g/mol. The summed E-state index contributed by atoms with van der Waals surface area (Å²) in [6.07, 6.45) is 14.4. The summed E-state index contributed by atoms with van der Waals surface area (Å²) in [6, 6.07) is 0. The van der Waals surface area contributed by atoms with Gasteiger partial charge in [0.15, 0.2) is 21.7 Å². The summed E-state index contributed by atoms with van der Waals surface area (Å²) in [5.41, 5.74) is -0.227. The molecule has 9 aliphatic heterocycles. The smallest absolute Gasteiger partial charge is 0.332 e. The van der Waals surface area contributed by atoms with Crippen molar-refractivity contribution in [2.75, 3.05) is 155 Å². The third-order valence-electron chi connectivity index (χ3n) is 11.4. The van der Waals surface area contributed by atoms with Crippen LogP contribution >= 0.6 is 176 Å². The van der Waals surface area contributed by atoms with Gasteiger partial charge in [0.1, 0.15) is 0 Å². The number of thioether (sulfide) groups is 15. The minimum absolute atomic E-state index is 0.0306. The predicted molar refractivity (Wildman–Crippen MR) is 443 cm³/mol. The third kappa shape index (κ3) is 57.5. The van der Waals surface area contributed by atoms with E-state index in [1.807, 2.05) is 70.6 Å². The van der Waals surface area contributed by atoms with Crippen LogP contribution in [0.2, 0.25) is 0 Å². The molecule has 9 atom stereocenters. The third-order valence-corrected chi connectivity index (χ3v) is 29.9. The molecule has 9 saturated heterocycles. The topological polar surface area (TPSA) is 264 Å². The van der Waals surface area contributed by atoms with Crippen LogP contribution in [-0.4, -0.2) is 257 Å². The number of rotatable bonds is 18. The summed E-state index contributed by atoms with van der Waals surface area (Å²) >= 11 is 25.8. The summed E-state index contributed by atoms with van der Waals surface area (Å²) in [4.78, 5) is 96.9. The molecule has 0 aromatic rings. The van der Waals surface area contributed by atoms with Crippen molar-refractivity contribution in [2.24, 2.45) is 0 Å². The number of carbonyl (C=O) groups excluding carboxylic acids is 9. The highest BCUT2D eigenvalue weighted by atomic mass is 32.2. The lowest BCUT2D eigenvalue weighted by atomic mass is 10.5. The highest BCUT2D eigenvalue weighted by Crippen LogP contribution is 2.34.